The van der Waals surface area contributed by atoms with Crippen LogP contribution in [0.25, 0.3) is 0 Å². The Kier molecular flexibility index (Phi) is 5.16. The molecular formula is C18H23BrN2O5. The molecule has 8 heteroatoms. The van der Waals surface area contributed by atoms with E-state index in [0.29, 0.717) is 31.0 Å². The summed E-state index contributed by atoms with van der Waals surface area (Å²) in [6, 6.07) is 5.14. The zero-order valence-electron chi connectivity index (χ0n) is 15.0. The number of hydrogen-bond donors (Lipinski definition) is 1. The van der Waals surface area contributed by atoms with E-state index in [-0.39, 0.29) is 24.2 Å². The number of likely N-dealkylation sites (tertiary alicyclic amines) is 1. The van der Waals surface area contributed by atoms with E-state index >= 15 is 0 Å². The molecule has 2 saturated heterocycles. The third kappa shape index (κ3) is 4.12. The summed E-state index contributed by atoms with van der Waals surface area (Å²) in [7, 11) is 0. The van der Waals surface area contributed by atoms with Crippen LogP contribution in [-0.2, 0) is 9.47 Å². The van der Waals surface area contributed by atoms with Crippen LogP contribution in [0, 0.1) is 5.92 Å². The first-order chi connectivity index (χ1) is 12.1. The smallest absolute Gasteiger partial charge is 0.410 e. The van der Waals surface area contributed by atoms with Crippen LogP contribution >= 0.6 is 15.9 Å². The fraction of sp³-hybridized carbons (Fsp3) is 0.556. The molecule has 2 fully saturated rings. The maximum Gasteiger partial charge on any atom is 0.410 e. The molecule has 0 aromatic heterocycles. The number of ether oxygens (including phenoxy) is 3. The largest absolute Gasteiger partial charge is 0.486 e. The summed E-state index contributed by atoms with van der Waals surface area (Å²) in [4.78, 5) is 25.7. The summed E-state index contributed by atoms with van der Waals surface area (Å²) < 4.78 is 18.1. The molecule has 7 nitrogen and oxygen atoms in total. The van der Waals surface area contributed by atoms with Crippen molar-refractivity contribution in [3.8, 4) is 5.75 Å². The van der Waals surface area contributed by atoms with Gasteiger partial charge in [-0.25, -0.2) is 4.79 Å². The average molecular weight is 427 g/mol. The van der Waals surface area contributed by atoms with Gasteiger partial charge in [-0.15, -0.1) is 0 Å². The third-order valence-electron chi connectivity index (χ3n) is 4.33. The van der Waals surface area contributed by atoms with Gasteiger partial charge in [0.25, 0.3) is 5.91 Å². The number of hydrogen-bond acceptors (Lipinski definition) is 5. The molecule has 3 atom stereocenters. The van der Waals surface area contributed by atoms with Gasteiger partial charge in [-0.05, 0) is 39.0 Å². The van der Waals surface area contributed by atoms with Gasteiger partial charge < -0.3 is 24.8 Å². The van der Waals surface area contributed by atoms with Crippen molar-refractivity contribution >= 4 is 27.9 Å². The Morgan fingerprint density at radius 1 is 1.31 bits per heavy atom. The van der Waals surface area contributed by atoms with Gasteiger partial charge in [-0.1, -0.05) is 15.9 Å². The highest BCUT2D eigenvalue weighted by atomic mass is 79.9. The number of fused-ring (bicyclic) bond motifs is 2. The molecule has 2 heterocycles. The first-order valence-electron chi connectivity index (χ1n) is 8.49. The van der Waals surface area contributed by atoms with Crippen molar-refractivity contribution < 1.29 is 23.8 Å². The monoisotopic (exact) mass is 426 g/mol. The zero-order valence-corrected chi connectivity index (χ0v) is 16.6. The summed E-state index contributed by atoms with van der Waals surface area (Å²) in [6.45, 7) is 6.88. The van der Waals surface area contributed by atoms with Gasteiger partial charge in [0, 0.05) is 16.9 Å². The van der Waals surface area contributed by atoms with E-state index in [1.165, 1.54) is 0 Å². The molecule has 1 aromatic carbocycles. The number of piperidine rings is 1. The van der Waals surface area contributed by atoms with Gasteiger partial charge in [0.2, 0.25) is 0 Å². The van der Waals surface area contributed by atoms with E-state index in [2.05, 4.69) is 15.9 Å². The highest BCUT2D eigenvalue weighted by Crippen LogP contribution is 2.33. The molecule has 2 amide bonds. The molecule has 1 aromatic rings. The van der Waals surface area contributed by atoms with Crippen molar-refractivity contribution in [2.24, 2.45) is 11.7 Å². The number of benzene rings is 1. The number of amides is 2. The fourth-order valence-electron chi connectivity index (χ4n) is 3.22. The number of nitrogens with zero attached hydrogens (tertiary/aromatic N) is 1. The molecule has 142 valence electrons. The number of carbonyl (C=O) groups excluding carboxylic acids is 2. The number of halogens is 1. The van der Waals surface area contributed by atoms with Crippen molar-refractivity contribution in [2.45, 2.75) is 38.6 Å². The highest BCUT2D eigenvalue weighted by Gasteiger charge is 2.47. The standard InChI is InChI=1S/C18H23BrN2O5/c1-18(2,3)26-17(23)21-7-10-9-24-14(8-21)15(10)25-13-5-4-11(19)6-12(13)16(20)22/h4-6,10,14-15H,7-9H2,1-3H3,(H2,20,22)/t10-,14-,15?/m0/s1. The van der Waals surface area contributed by atoms with Crippen LogP contribution in [0.1, 0.15) is 31.1 Å². The maximum atomic E-state index is 12.3. The average Bonchev–Trinajstić information content (AvgIpc) is 2.76. The topological polar surface area (TPSA) is 91.1 Å². The van der Waals surface area contributed by atoms with Gasteiger partial charge in [0.1, 0.15) is 23.6 Å². The molecule has 1 unspecified atom stereocenters. The molecule has 3 rings (SSSR count). The number of primary amides is 1. The first-order valence-corrected chi connectivity index (χ1v) is 9.29. The summed E-state index contributed by atoms with van der Waals surface area (Å²) in [5, 5.41) is 0. The molecule has 2 N–H and O–H groups in total. The Balaban J connectivity index is 1.72. The number of rotatable bonds is 3. The van der Waals surface area contributed by atoms with E-state index in [0.717, 1.165) is 4.47 Å². The molecular weight excluding hydrogens is 404 g/mol. The van der Waals surface area contributed by atoms with Crippen LogP contribution in [0.3, 0.4) is 0 Å². The Morgan fingerprint density at radius 2 is 2.04 bits per heavy atom. The van der Waals surface area contributed by atoms with Gasteiger partial charge >= 0.3 is 6.09 Å². The minimum absolute atomic E-state index is 0.00522. The zero-order chi connectivity index (χ0) is 19.1. The van der Waals surface area contributed by atoms with Crippen molar-refractivity contribution in [3.63, 3.8) is 0 Å². The minimum Gasteiger partial charge on any atom is -0.486 e. The number of carbonyl (C=O) groups is 2. The lowest BCUT2D eigenvalue weighted by Crippen LogP contribution is -2.53. The predicted octanol–water partition coefficient (Wildman–Crippen LogP) is 2.56. The summed E-state index contributed by atoms with van der Waals surface area (Å²) in [6.07, 6.45) is -0.864. The Bertz CT molecular complexity index is 704. The van der Waals surface area contributed by atoms with Crippen molar-refractivity contribution in [1.82, 2.24) is 4.90 Å². The predicted molar refractivity (Wildman–Crippen MR) is 98.1 cm³/mol. The second-order valence-electron chi connectivity index (χ2n) is 7.60. The number of nitrogens with two attached hydrogens (primary N) is 1. The van der Waals surface area contributed by atoms with Crippen LogP contribution in [-0.4, -0.2) is 54.4 Å². The molecule has 0 spiro atoms. The molecule has 0 aliphatic carbocycles. The van der Waals surface area contributed by atoms with Crippen molar-refractivity contribution in [1.29, 1.82) is 0 Å². The lowest BCUT2D eigenvalue weighted by molar-refractivity contribution is -0.0177. The van der Waals surface area contributed by atoms with Crippen molar-refractivity contribution in [3.05, 3.63) is 28.2 Å². The van der Waals surface area contributed by atoms with E-state index in [4.69, 9.17) is 19.9 Å². The van der Waals surface area contributed by atoms with Crippen LogP contribution in [0.2, 0.25) is 0 Å². The first kappa shape index (κ1) is 19.0. The van der Waals surface area contributed by atoms with Crippen LogP contribution < -0.4 is 10.5 Å². The SMILES string of the molecule is CC(C)(C)OC(=O)N1C[C@H]2CO[C@@H](C1)C2Oc1ccc(Br)cc1C(N)=O. The lowest BCUT2D eigenvalue weighted by atomic mass is 9.96. The van der Waals surface area contributed by atoms with Gasteiger partial charge in [-0.2, -0.15) is 0 Å². The summed E-state index contributed by atoms with van der Waals surface area (Å²) in [5.74, 6) is -0.122. The third-order valence-corrected chi connectivity index (χ3v) is 4.83. The molecule has 26 heavy (non-hydrogen) atoms. The molecule has 2 bridgehead atoms. The van der Waals surface area contributed by atoms with E-state index in [9.17, 15) is 9.59 Å². The van der Waals surface area contributed by atoms with E-state index < -0.39 is 11.5 Å². The van der Waals surface area contributed by atoms with Crippen LogP contribution in [0.15, 0.2) is 22.7 Å². The molecule has 2 aliphatic rings. The van der Waals surface area contributed by atoms with Gasteiger partial charge in [0.05, 0.1) is 18.7 Å². The van der Waals surface area contributed by atoms with E-state index in [1.54, 1.807) is 23.1 Å². The second-order valence-corrected chi connectivity index (χ2v) is 8.52. The lowest BCUT2D eigenvalue weighted by Gasteiger charge is -2.37. The summed E-state index contributed by atoms with van der Waals surface area (Å²) in [5.41, 5.74) is 5.22. The van der Waals surface area contributed by atoms with Crippen LogP contribution in [0.5, 0.6) is 5.75 Å². The fourth-order valence-corrected chi connectivity index (χ4v) is 3.58. The molecule has 0 saturated carbocycles. The minimum atomic E-state index is -0.555. The van der Waals surface area contributed by atoms with Crippen LogP contribution in [0.4, 0.5) is 4.79 Å². The van der Waals surface area contributed by atoms with Crippen molar-refractivity contribution in [2.75, 3.05) is 19.7 Å². The van der Waals surface area contributed by atoms with Gasteiger partial charge in [0.15, 0.2) is 0 Å². The quantitative estimate of drug-likeness (QED) is 0.801. The highest BCUT2D eigenvalue weighted by molar-refractivity contribution is 9.10. The second kappa shape index (κ2) is 7.08. The Labute approximate surface area is 160 Å². The maximum absolute atomic E-state index is 12.3. The van der Waals surface area contributed by atoms with Gasteiger partial charge in [-0.3, -0.25) is 4.79 Å². The normalized spacial score (nSPS) is 25.1. The Hall–Kier alpha value is -1.80. The summed E-state index contributed by atoms with van der Waals surface area (Å²) >= 11 is 3.33. The Morgan fingerprint density at radius 3 is 2.65 bits per heavy atom. The molecule has 0 radical (unpaired) electrons. The molecule has 2 aliphatic heterocycles. The van der Waals surface area contributed by atoms with E-state index in [1.807, 2.05) is 20.8 Å².